The van der Waals surface area contributed by atoms with Crippen LogP contribution in [0.3, 0.4) is 0 Å². The first-order chi connectivity index (χ1) is 12.1. The molecule has 3 aromatic rings. The van der Waals surface area contributed by atoms with Gasteiger partial charge in [-0.3, -0.25) is 4.79 Å². The van der Waals surface area contributed by atoms with E-state index >= 15 is 0 Å². The average Bonchev–Trinajstić information content (AvgIpc) is 3.23. The SMILES string of the molecule is CCCc1nc2c(C)cc(C(=O)N[C@@H](CS)Cc3cccs3)cc2[nH]1. The molecule has 4 nitrogen and oxygen atoms in total. The summed E-state index contributed by atoms with van der Waals surface area (Å²) >= 11 is 6.10. The Hall–Kier alpha value is -1.79. The monoisotopic (exact) mass is 373 g/mol. The maximum Gasteiger partial charge on any atom is 0.251 e. The van der Waals surface area contributed by atoms with Gasteiger partial charge in [0.05, 0.1) is 11.0 Å². The minimum atomic E-state index is -0.0627. The molecule has 0 aliphatic heterocycles. The highest BCUT2D eigenvalue weighted by Crippen LogP contribution is 2.20. The lowest BCUT2D eigenvalue weighted by molar-refractivity contribution is 0.0941. The van der Waals surface area contributed by atoms with Crippen molar-refractivity contribution in [3.63, 3.8) is 0 Å². The molecule has 3 rings (SSSR count). The van der Waals surface area contributed by atoms with Crippen LogP contribution < -0.4 is 5.32 Å². The lowest BCUT2D eigenvalue weighted by atomic mass is 10.1. The standard InChI is InChI=1S/C19H23N3OS2/c1-3-5-17-21-16-9-13(8-12(2)18(16)22-17)19(23)20-14(11-24)10-15-6-4-7-25-15/h4,6-9,14,24H,3,5,10-11H2,1-2H3,(H,20,23)(H,21,22)/t14-/m1/s1. The van der Waals surface area contributed by atoms with Crippen molar-refractivity contribution in [1.82, 2.24) is 15.3 Å². The zero-order chi connectivity index (χ0) is 17.8. The molecule has 0 aliphatic carbocycles. The molecule has 1 aromatic carbocycles. The molecule has 0 unspecified atom stereocenters. The molecule has 0 fully saturated rings. The van der Waals surface area contributed by atoms with Gasteiger partial charge in [-0.25, -0.2) is 4.98 Å². The predicted octanol–water partition coefficient (Wildman–Crippen LogP) is 4.16. The van der Waals surface area contributed by atoms with Crippen LogP contribution in [0.5, 0.6) is 0 Å². The third-order valence-corrected chi connectivity index (χ3v) is 5.50. The summed E-state index contributed by atoms with van der Waals surface area (Å²) < 4.78 is 0. The number of imidazole rings is 1. The van der Waals surface area contributed by atoms with Gasteiger partial charge in [-0.05, 0) is 42.5 Å². The molecule has 2 aromatic heterocycles. The van der Waals surface area contributed by atoms with E-state index < -0.39 is 0 Å². The number of fused-ring (bicyclic) bond motifs is 1. The highest BCUT2D eigenvalue weighted by Gasteiger charge is 2.16. The summed E-state index contributed by atoms with van der Waals surface area (Å²) in [6, 6.07) is 7.94. The molecule has 1 atom stereocenters. The summed E-state index contributed by atoms with van der Waals surface area (Å²) in [6.45, 7) is 4.13. The number of carbonyl (C=O) groups excluding carboxylic acids is 1. The molecule has 2 heterocycles. The van der Waals surface area contributed by atoms with E-state index in [2.05, 4.69) is 46.3 Å². The molecule has 1 amide bonds. The Morgan fingerprint density at radius 2 is 2.28 bits per heavy atom. The van der Waals surface area contributed by atoms with Gasteiger partial charge in [0.1, 0.15) is 5.82 Å². The van der Waals surface area contributed by atoms with Crippen molar-refractivity contribution in [3.8, 4) is 0 Å². The molecular weight excluding hydrogens is 350 g/mol. The van der Waals surface area contributed by atoms with Gasteiger partial charge in [0.2, 0.25) is 0 Å². The number of hydrogen-bond acceptors (Lipinski definition) is 4. The molecule has 132 valence electrons. The predicted molar refractivity (Wildman–Crippen MR) is 108 cm³/mol. The summed E-state index contributed by atoms with van der Waals surface area (Å²) in [4.78, 5) is 21.9. The van der Waals surface area contributed by atoms with E-state index in [0.29, 0.717) is 11.3 Å². The van der Waals surface area contributed by atoms with Crippen LogP contribution in [0, 0.1) is 6.92 Å². The quantitative estimate of drug-likeness (QED) is 0.545. The van der Waals surface area contributed by atoms with E-state index in [9.17, 15) is 4.79 Å². The maximum absolute atomic E-state index is 12.7. The number of thiophene rings is 1. The Labute approximate surface area is 157 Å². The molecule has 0 radical (unpaired) electrons. The van der Waals surface area contributed by atoms with Crippen LogP contribution in [0.15, 0.2) is 29.6 Å². The van der Waals surface area contributed by atoms with E-state index in [1.807, 2.05) is 25.1 Å². The molecule has 0 bridgehead atoms. The van der Waals surface area contributed by atoms with E-state index in [4.69, 9.17) is 0 Å². The van der Waals surface area contributed by atoms with Crippen LogP contribution in [-0.2, 0) is 12.8 Å². The fourth-order valence-electron chi connectivity index (χ4n) is 2.93. The van der Waals surface area contributed by atoms with Gasteiger partial charge in [0.15, 0.2) is 0 Å². The van der Waals surface area contributed by atoms with E-state index in [-0.39, 0.29) is 11.9 Å². The lowest BCUT2D eigenvalue weighted by Gasteiger charge is -2.16. The molecule has 2 N–H and O–H groups in total. The number of hydrogen-bond donors (Lipinski definition) is 3. The second-order valence-electron chi connectivity index (χ2n) is 6.26. The number of amides is 1. The van der Waals surface area contributed by atoms with Crippen molar-refractivity contribution < 1.29 is 4.79 Å². The number of rotatable bonds is 7. The third-order valence-electron chi connectivity index (χ3n) is 4.16. The minimum absolute atomic E-state index is 0.0166. The topological polar surface area (TPSA) is 57.8 Å². The van der Waals surface area contributed by atoms with Crippen molar-refractivity contribution in [2.75, 3.05) is 5.75 Å². The fourth-order valence-corrected chi connectivity index (χ4v) is 3.94. The number of benzene rings is 1. The highest BCUT2D eigenvalue weighted by molar-refractivity contribution is 7.80. The van der Waals surface area contributed by atoms with Crippen LogP contribution in [0.4, 0.5) is 0 Å². The van der Waals surface area contributed by atoms with Gasteiger partial charge in [0.25, 0.3) is 5.91 Å². The molecule has 25 heavy (non-hydrogen) atoms. The number of aromatic amines is 1. The first-order valence-electron chi connectivity index (χ1n) is 8.54. The Kier molecular flexibility index (Phi) is 5.81. The third kappa shape index (κ3) is 4.25. The normalized spacial score (nSPS) is 12.4. The summed E-state index contributed by atoms with van der Waals surface area (Å²) in [6.07, 6.45) is 2.76. The van der Waals surface area contributed by atoms with Crippen molar-refractivity contribution in [2.24, 2.45) is 0 Å². The number of nitrogens with one attached hydrogen (secondary N) is 2. The largest absolute Gasteiger partial charge is 0.348 e. The lowest BCUT2D eigenvalue weighted by Crippen LogP contribution is -2.37. The molecule has 0 aliphatic rings. The van der Waals surface area contributed by atoms with Crippen LogP contribution in [0.2, 0.25) is 0 Å². The Morgan fingerprint density at radius 1 is 1.44 bits per heavy atom. The Morgan fingerprint density at radius 3 is 2.96 bits per heavy atom. The summed E-state index contributed by atoms with van der Waals surface area (Å²) in [7, 11) is 0. The number of aromatic nitrogens is 2. The van der Waals surface area contributed by atoms with Gasteiger partial charge in [0, 0.05) is 35.1 Å². The van der Waals surface area contributed by atoms with Crippen LogP contribution in [0.25, 0.3) is 11.0 Å². The summed E-state index contributed by atoms with van der Waals surface area (Å²) in [5, 5.41) is 5.15. The van der Waals surface area contributed by atoms with Gasteiger partial charge in [-0.15, -0.1) is 11.3 Å². The average molecular weight is 374 g/mol. The number of aryl methyl sites for hydroxylation is 2. The van der Waals surface area contributed by atoms with E-state index in [1.54, 1.807) is 11.3 Å². The second-order valence-corrected chi connectivity index (χ2v) is 7.66. The molecule has 0 saturated carbocycles. The zero-order valence-electron chi connectivity index (χ0n) is 14.5. The van der Waals surface area contributed by atoms with Gasteiger partial charge >= 0.3 is 0 Å². The number of carbonyl (C=O) groups is 1. The fraction of sp³-hybridized carbons (Fsp3) is 0.368. The van der Waals surface area contributed by atoms with Gasteiger partial charge < -0.3 is 10.3 Å². The molecule has 0 spiro atoms. The summed E-state index contributed by atoms with van der Waals surface area (Å²) in [5.41, 5.74) is 3.55. The number of thiol groups is 1. The Bertz CT molecular complexity index is 855. The number of H-pyrrole nitrogens is 1. The van der Waals surface area contributed by atoms with Crippen LogP contribution in [0.1, 0.15) is 40.0 Å². The first kappa shape index (κ1) is 18.0. The van der Waals surface area contributed by atoms with Crippen LogP contribution >= 0.6 is 24.0 Å². The van der Waals surface area contributed by atoms with E-state index in [1.165, 1.54) is 4.88 Å². The van der Waals surface area contributed by atoms with Crippen molar-refractivity contribution in [2.45, 2.75) is 39.2 Å². The minimum Gasteiger partial charge on any atom is -0.348 e. The smallest absolute Gasteiger partial charge is 0.251 e. The maximum atomic E-state index is 12.7. The molecule has 6 heteroatoms. The van der Waals surface area contributed by atoms with E-state index in [0.717, 1.165) is 41.7 Å². The van der Waals surface area contributed by atoms with Crippen molar-refractivity contribution in [3.05, 3.63) is 51.5 Å². The molecular formula is C19H23N3OS2. The summed E-state index contributed by atoms with van der Waals surface area (Å²) in [5.74, 6) is 1.52. The van der Waals surface area contributed by atoms with Crippen molar-refractivity contribution in [1.29, 1.82) is 0 Å². The Balaban J connectivity index is 1.78. The van der Waals surface area contributed by atoms with Crippen molar-refractivity contribution >= 4 is 40.9 Å². The number of nitrogens with zero attached hydrogens (tertiary/aromatic N) is 1. The zero-order valence-corrected chi connectivity index (χ0v) is 16.2. The van der Waals surface area contributed by atoms with Crippen LogP contribution in [-0.4, -0.2) is 27.7 Å². The highest BCUT2D eigenvalue weighted by atomic mass is 32.1. The van der Waals surface area contributed by atoms with Gasteiger partial charge in [-0.1, -0.05) is 13.0 Å². The van der Waals surface area contributed by atoms with Gasteiger partial charge in [-0.2, -0.15) is 12.6 Å². The second kappa shape index (κ2) is 8.06. The molecule has 0 saturated heterocycles. The first-order valence-corrected chi connectivity index (χ1v) is 10.0.